The van der Waals surface area contributed by atoms with Gasteiger partial charge >= 0.3 is 0 Å². The average Bonchev–Trinajstić information content (AvgIpc) is 2.55. The zero-order valence-electron chi connectivity index (χ0n) is 13.2. The van der Waals surface area contributed by atoms with E-state index in [1.807, 2.05) is 0 Å². The van der Waals surface area contributed by atoms with Crippen LogP contribution < -0.4 is 5.32 Å². The van der Waals surface area contributed by atoms with Gasteiger partial charge in [0.05, 0.1) is 12.8 Å². The number of carbonyl (C=O) groups is 2. The van der Waals surface area contributed by atoms with Crippen molar-refractivity contribution in [2.75, 3.05) is 33.4 Å². The molecule has 0 aromatic carbocycles. The molecule has 0 unspecified atom stereocenters. The van der Waals surface area contributed by atoms with Gasteiger partial charge in [-0.05, 0) is 6.42 Å². The fraction of sp³-hybridized carbons (Fsp3) is 0.600. The number of rotatable bonds is 10. The largest absolute Gasteiger partial charge is 0.383 e. The summed E-state index contributed by atoms with van der Waals surface area (Å²) in [6.45, 7) is 3.89. The van der Waals surface area contributed by atoms with Crippen molar-refractivity contribution in [3.8, 4) is 0 Å². The third-order valence-corrected chi connectivity index (χ3v) is 3.10. The number of unbranched alkanes of at least 4 members (excludes halogenated alkanes) is 1. The van der Waals surface area contributed by atoms with Gasteiger partial charge in [0.15, 0.2) is 0 Å². The van der Waals surface area contributed by atoms with Gasteiger partial charge in [0.1, 0.15) is 5.69 Å². The first-order valence-corrected chi connectivity index (χ1v) is 7.50. The number of nitrogens with one attached hydrogen (secondary N) is 1. The maximum absolute atomic E-state index is 12.4. The second kappa shape index (κ2) is 10.7. The van der Waals surface area contributed by atoms with E-state index in [2.05, 4.69) is 22.2 Å². The number of ether oxygens (including phenoxy) is 1. The van der Waals surface area contributed by atoms with E-state index in [1.54, 1.807) is 12.0 Å². The summed E-state index contributed by atoms with van der Waals surface area (Å²) in [6, 6.07) is 0. The summed E-state index contributed by atoms with van der Waals surface area (Å²) in [5.74, 6) is -0.297. The van der Waals surface area contributed by atoms with Gasteiger partial charge in [-0.2, -0.15) is 0 Å². The lowest BCUT2D eigenvalue weighted by Gasteiger charge is -2.21. The molecule has 7 heteroatoms. The predicted molar refractivity (Wildman–Crippen MR) is 82.3 cm³/mol. The van der Waals surface area contributed by atoms with Crippen molar-refractivity contribution in [3.63, 3.8) is 0 Å². The Bertz CT molecular complexity index is 453. The van der Waals surface area contributed by atoms with Gasteiger partial charge in [-0.15, -0.1) is 0 Å². The molecule has 0 bridgehead atoms. The summed E-state index contributed by atoms with van der Waals surface area (Å²) in [5, 5.41) is 2.84. The van der Waals surface area contributed by atoms with Crippen LogP contribution in [0.15, 0.2) is 18.6 Å². The van der Waals surface area contributed by atoms with Gasteiger partial charge in [-0.25, -0.2) is 4.98 Å². The fourth-order valence-electron chi connectivity index (χ4n) is 1.82. The molecule has 0 aliphatic carbocycles. The summed E-state index contributed by atoms with van der Waals surface area (Å²) in [6.07, 6.45) is 6.66. The van der Waals surface area contributed by atoms with Gasteiger partial charge < -0.3 is 15.0 Å². The average molecular weight is 308 g/mol. The van der Waals surface area contributed by atoms with Crippen molar-refractivity contribution in [1.29, 1.82) is 0 Å². The van der Waals surface area contributed by atoms with Crippen molar-refractivity contribution in [2.24, 2.45) is 0 Å². The smallest absolute Gasteiger partial charge is 0.274 e. The van der Waals surface area contributed by atoms with E-state index < -0.39 is 0 Å². The first kappa shape index (κ1) is 18.0. The highest BCUT2D eigenvalue weighted by molar-refractivity contribution is 5.92. The molecule has 0 radical (unpaired) electrons. The summed E-state index contributed by atoms with van der Waals surface area (Å²) in [4.78, 5) is 33.6. The van der Waals surface area contributed by atoms with E-state index >= 15 is 0 Å². The highest BCUT2D eigenvalue weighted by Crippen LogP contribution is 2.02. The molecule has 1 aromatic rings. The van der Waals surface area contributed by atoms with E-state index in [1.165, 1.54) is 18.6 Å². The second-order valence-corrected chi connectivity index (χ2v) is 4.83. The van der Waals surface area contributed by atoms with E-state index in [0.717, 1.165) is 12.8 Å². The Morgan fingerprint density at radius 1 is 1.32 bits per heavy atom. The molecule has 0 atom stereocenters. The molecule has 0 fully saturated rings. The standard InChI is InChI=1S/C15H24N4O3/c1-3-4-6-18-14(20)5-9-19(10-11-22-2)15(21)13-12-16-7-8-17-13/h7-8,12H,3-6,9-11H2,1-2H3,(H,18,20). The normalized spacial score (nSPS) is 10.3. The van der Waals surface area contributed by atoms with Crippen molar-refractivity contribution in [2.45, 2.75) is 26.2 Å². The lowest BCUT2D eigenvalue weighted by molar-refractivity contribution is -0.121. The summed E-state index contributed by atoms with van der Waals surface area (Å²) in [5.41, 5.74) is 0.269. The minimum Gasteiger partial charge on any atom is -0.383 e. The van der Waals surface area contributed by atoms with Crippen LogP contribution in [-0.4, -0.2) is 60.0 Å². The van der Waals surface area contributed by atoms with E-state index in [0.29, 0.717) is 26.2 Å². The van der Waals surface area contributed by atoms with Crippen LogP contribution in [0, 0.1) is 0 Å². The van der Waals surface area contributed by atoms with Gasteiger partial charge in [0.2, 0.25) is 5.91 Å². The number of hydrogen-bond donors (Lipinski definition) is 1. The third kappa shape index (κ3) is 6.62. The van der Waals surface area contributed by atoms with Crippen molar-refractivity contribution in [1.82, 2.24) is 20.2 Å². The molecule has 2 amide bonds. The zero-order chi connectivity index (χ0) is 16.2. The molecule has 7 nitrogen and oxygen atoms in total. The number of amides is 2. The SMILES string of the molecule is CCCCNC(=O)CCN(CCOC)C(=O)c1cnccn1. The van der Waals surface area contributed by atoms with Crippen LogP contribution in [0.5, 0.6) is 0 Å². The molecule has 22 heavy (non-hydrogen) atoms. The number of methoxy groups -OCH3 is 1. The molecule has 1 heterocycles. The molecular weight excluding hydrogens is 284 g/mol. The highest BCUT2D eigenvalue weighted by atomic mass is 16.5. The number of aromatic nitrogens is 2. The summed E-state index contributed by atoms with van der Waals surface area (Å²) < 4.78 is 5.01. The van der Waals surface area contributed by atoms with Crippen molar-refractivity contribution in [3.05, 3.63) is 24.3 Å². The first-order valence-electron chi connectivity index (χ1n) is 7.50. The maximum Gasteiger partial charge on any atom is 0.274 e. The highest BCUT2D eigenvalue weighted by Gasteiger charge is 2.17. The minimum atomic E-state index is -0.244. The lowest BCUT2D eigenvalue weighted by Crippen LogP contribution is -2.38. The van der Waals surface area contributed by atoms with Crippen LogP contribution in [0.2, 0.25) is 0 Å². The van der Waals surface area contributed by atoms with Crippen LogP contribution in [-0.2, 0) is 9.53 Å². The quantitative estimate of drug-likeness (QED) is 0.648. The lowest BCUT2D eigenvalue weighted by atomic mass is 10.3. The zero-order valence-corrected chi connectivity index (χ0v) is 13.2. The van der Waals surface area contributed by atoms with Crippen LogP contribution in [0.4, 0.5) is 0 Å². The molecule has 0 spiro atoms. The van der Waals surface area contributed by atoms with E-state index in [9.17, 15) is 9.59 Å². The minimum absolute atomic E-state index is 0.0530. The van der Waals surface area contributed by atoms with Gasteiger partial charge in [-0.3, -0.25) is 14.6 Å². The summed E-state index contributed by atoms with van der Waals surface area (Å²) in [7, 11) is 1.57. The Morgan fingerprint density at radius 2 is 2.14 bits per heavy atom. The van der Waals surface area contributed by atoms with E-state index in [-0.39, 0.29) is 23.9 Å². The van der Waals surface area contributed by atoms with Crippen molar-refractivity contribution < 1.29 is 14.3 Å². The molecule has 0 aliphatic heterocycles. The molecule has 1 aromatic heterocycles. The van der Waals surface area contributed by atoms with Crippen LogP contribution in [0.1, 0.15) is 36.7 Å². The predicted octanol–water partition coefficient (Wildman–Crippen LogP) is 0.872. The maximum atomic E-state index is 12.4. The Morgan fingerprint density at radius 3 is 2.77 bits per heavy atom. The Balaban J connectivity index is 2.53. The molecular formula is C15H24N4O3. The molecule has 0 saturated heterocycles. The van der Waals surface area contributed by atoms with Crippen LogP contribution in [0.25, 0.3) is 0 Å². The molecule has 1 N–H and O–H groups in total. The number of carbonyl (C=O) groups excluding carboxylic acids is 2. The van der Waals surface area contributed by atoms with Gasteiger partial charge in [-0.1, -0.05) is 13.3 Å². The summed E-state index contributed by atoms with van der Waals surface area (Å²) >= 11 is 0. The van der Waals surface area contributed by atoms with Crippen LogP contribution >= 0.6 is 0 Å². The van der Waals surface area contributed by atoms with Crippen LogP contribution in [0.3, 0.4) is 0 Å². The molecule has 0 saturated carbocycles. The van der Waals surface area contributed by atoms with Crippen molar-refractivity contribution >= 4 is 11.8 Å². The van der Waals surface area contributed by atoms with E-state index in [4.69, 9.17) is 4.74 Å². The Hall–Kier alpha value is -2.02. The number of nitrogens with zero attached hydrogens (tertiary/aromatic N) is 3. The third-order valence-electron chi connectivity index (χ3n) is 3.10. The molecule has 0 aliphatic rings. The van der Waals surface area contributed by atoms with Gasteiger partial charge in [0, 0.05) is 45.6 Å². The van der Waals surface area contributed by atoms with Gasteiger partial charge in [0.25, 0.3) is 5.91 Å². The first-order chi connectivity index (χ1) is 10.7. The number of hydrogen-bond acceptors (Lipinski definition) is 5. The Kier molecular flexibility index (Phi) is 8.74. The molecule has 122 valence electrons. The monoisotopic (exact) mass is 308 g/mol. The molecule has 1 rings (SSSR count). The topological polar surface area (TPSA) is 84.4 Å². The fourth-order valence-corrected chi connectivity index (χ4v) is 1.82. The Labute approximate surface area is 131 Å². The second-order valence-electron chi connectivity index (χ2n) is 4.83.